The van der Waals surface area contributed by atoms with Crippen molar-refractivity contribution < 1.29 is 14.6 Å². The van der Waals surface area contributed by atoms with E-state index in [-0.39, 0.29) is 6.42 Å². The Morgan fingerprint density at radius 2 is 1.57 bits per heavy atom. The van der Waals surface area contributed by atoms with E-state index in [2.05, 4.69) is 60.8 Å². The zero-order valence-corrected chi connectivity index (χ0v) is 17.3. The van der Waals surface area contributed by atoms with E-state index < -0.39 is 5.97 Å². The topological polar surface area (TPSA) is 58.6 Å². The van der Waals surface area contributed by atoms with E-state index in [1.807, 2.05) is 24.3 Å². The quantitative estimate of drug-likeness (QED) is 0.478. The first-order valence-electron chi connectivity index (χ1n) is 10.4. The van der Waals surface area contributed by atoms with E-state index in [9.17, 15) is 4.79 Å². The van der Waals surface area contributed by atoms with Gasteiger partial charge in [0.2, 0.25) is 0 Å². The van der Waals surface area contributed by atoms with Crippen LogP contribution in [0.4, 0.5) is 0 Å². The number of aliphatic carboxylic acids is 1. The van der Waals surface area contributed by atoms with Gasteiger partial charge in [-0.25, -0.2) is 0 Å². The number of carboxylic acid groups (broad SMARTS) is 1. The average Bonchev–Trinajstić information content (AvgIpc) is 2.75. The fourth-order valence-electron chi connectivity index (χ4n) is 3.49. The number of ether oxygens (including phenoxy) is 1. The van der Waals surface area contributed by atoms with Crippen LogP contribution in [0.15, 0.2) is 84.9 Å². The predicted octanol–water partition coefficient (Wildman–Crippen LogP) is 4.89. The normalized spacial score (nSPS) is 11.9. The molecule has 0 heterocycles. The molecule has 0 aliphatic rings. The van der Waals surface area contributed by atoms with Gasteiger partial charge in [0.25, 0.3) is 0 Å². The number of hydrogen-bond donors (Lipinski definition) is 2. The summed E-state index contributed by atoms with van der Waals surface area (Å²) < 4.78 is 5.84. The van der Waals surface area contributed by atoms with Crippen LogP contribution in [0.5, 0.6) is 5.75 Å². The Morgan fingerprint density at radius 3 is 2.17 bits per heavy atom. The molecule has 0 aromatic heterocycles. The molecule has 0 saturated carbocycles. The van der Waals surface area contributed by atoms with Crippen LogP contribution in [0.1, 0.15) is 36.0 Å². The van der Waals surface area contributed by atoms with Gasteiger partial charge in [-0.2, -0.15) is 0 Å². The number of benzene rings is 3. The lowest BCUT2D eigenvalue weighted by atomic mass is 9.91. The molecule has 0 radical (unpaired) electrons. The molecule has 0 bridgehead atoms. The van der Waals surface area contributed by atoms with Crippen LogP contribution in [0.3, 0.4) is 0 Å². The third-order valence-electron chi connectivity index (χ3n) is 5.15. The van der Waals surface area contributed by atoms with E-state index in [4.69, 9.17) is 9.84 Å². The molecule has 4 heteroatoms. The van der Waals surface area contributed by atoms with Gasteiger partial charge < -0.3 is 15.2 Å². The van der Waals surface area contributed by atoms with Gasteiger partial charge in [-0.3, -0.25) is 4.79 Å². The highest BCUT2D eigenvalue weighted by atomic mass is 16.5. The Bertz CT molecular complexity index is 872. The standard InChI is InChI=1S/C26H29NO3/c1-20(15-16-30-24-14-8-9-21(17-24)18-26(28)29)27-19-25(22-10-4-2-5-11-22)23-12-6-3-7-13-23/h2-14,17,20,25,27H,15-16,18-19H2,1H3,(H,28,29)/t20-/m1/s1. The van der Waals surface area contributed by atoms with Crippen molar-refractivity contribution in [1.82, 2.24) is 5.32 Å². The van der Waals surface area contributed by atoms with E-state index in [1.165, 1.54) is 11.1 Å². The summed E-state index contributed by atoms with van der Waals surface area (Å²) in [6.45, 7) is 3.59. The molecule has 1 atom stereocenters. The lowest BCUT2D eigenvalue weighted by molar-refractivity contribution is -0.136. The van der Waals surface area contributed by atoms with Crippen LogP contribution in [-0.4, -0.2) is 30.3 Å². The molecular formula is C26H29NO3. The van der Waals surface area contributed by atoms with Crippen molar-refractivity contribution in [2.45, 2.75) is 31.7 Å². The van der Waals surface area contributed by atoms with Crippen molar-refractivity contribution in [1.29, 1.82) is 0 Å². The molecule has 3 rings (SSSR count). The summed E-state index contributed by atoms with van der Waals surface area (Å²) in [5, 5.41) is 12.6. The molecule has 4 nitrogen and oxygen atoms in total. The van der Waals surface area contributed by atoms with E-state index >= 15 is 0 Å². The predicted molar refractivity (Wildman–Crippen MR) is 120 cm³/mol. The zero-order valence-electron chi connectivity index (χ0n) is 17.3. The molecule has 0 saturated heterocycles. The molecule has 3 aromatic carbocycles. The van der Waals surface area contributed by atoms with Gasteiger partial charge in [-0.05, 0) is 42.2 Å². The molecule has 0 aliphatic heterocycles. The van der Waals surface area contributed by atoms with Crippen LogP contribution in [0.2, 0.25) is 0 Å². The smallest absolute Gasteiger partial charge is 0.307 e. The van der Waals surface area contributed by atoms with E-state index in [0.717, 1.165) is 18.5 Å². The monoisotopic (exact) mass is 403 g/mol. The molecule has 2 N–H and O–H groups in total. The Kier molecular flexibility index (Phi) is 8.04. The zero-order chi connectivity index (χ0) is 21.2. The van der Waals surface area contributed by atoms with Gasteiger partial charge in [-0.15, -0.1) is 0 Å². The summed E-state index contributed by atoms with van der Waals surface area (Å²) in [6.07, 6.45) is 0.870. The van der Waals surface area contributed by atoms with Gasteiger partial charge in [0.1, 0.15) is 5.75 Å². The van der Waals surface area contributed by atoms with Crippen molar-refractivity contribution in [2.24, 2.45) is 0 Å². The summed E-state index contributed by atoms with van der Waals surface area (Å²) in [5.41, 5.74) is 3.35. The minimum atomic E-state index is -0.837. The van der Waals surface area contributed by atoms with Gasteiger partial charge in [0.05, 0.1) is 13.0 Å². The highest BCUT2D eigenvalue weighted by Gasteiger charge is 2.15. The SMILES string of the molecule is C[C@H](CCOc1cccc(CC(=O)O)c1)NCC(c1ccccc1)c1ccccc1. The number of carboxylic acids is 1. The molecule has 30 heavy (non-hydrogen) atoms. The Balaban J connectivity index is 1.51. The number of rotatable bonds is 11. The van der Waals surface area contributed by atoms with Crippen molar-refractivity contribution >= 4 is 5.97 Å². The largest absolute Gasteiger partial charge is 0.494 e. The van der Waals surface area contributed by atoms with Crippen molar-refractivity contribution in [3.8, 4) is 5.75 Å². The average molecular weight is 404 g/mol. The summed E-state index contributed by atoms with van der Waals surface area (Å²) >= 11 is 0. The summed E-state index contributed by atoms with van der Waals surface area (Å²) in [7, 11) is 0. The Labute approximate surface area is 178 Å². The second-order valence-corrected chi connectivity index (χ2v) is 7.54. The van der Waals surface area contributed by atoms with E-state index in [0.29, 0.717) is 24.3 Å². The fraction of sp³-hybridized carbons (Fsp3) is 0.269. The molecular weight excluding hydrogens is 374 g/mol. The second kappa shape index (κ2) is 11.2. The van der Waals surface area contributed by atoms with Gasteiger partial charge in [0, 0.05) is 18.5 Å². The third kappa shape index (κ3) is 6.75. The second-order valence-electron chi connectivity index (χ2n) is 7.54. The molecule has 0 unspecified atom stereocenters. The number of carbonyl (C=O) groups is 1. The summed E-state index contributed by atoms with van der Waals surface area (Å²) in [4.78, 5) is 10.9. The van der Waals surface area contributed by atoms with Crippen LogP contribution in [0.25, 0.3) is 0 Å². The molecule has 0 aliphatic carbocycles. The molecule has 0 amide bonds. The van der Waals surface area contributed by atoms with Crippen LogP contribution >= 0.6 is 0 Å². The van der Waals surface area contributed by atoms with Crippen LogP contribution < -0.4 is 10.1 Å². The summed E-state index contributed by atoms with van der Waals surface area (Å²) in [6, 6.07) is 28.7. The van der Waals surface area contributed by atoms with Gasteiger partial charge >= 0.3 is 5.97 Å². The molecule has 0 spiro atoms. The number of hydrogen-bond acceptors (Lipinski definition) is 3. The lowest BCUT2D eigenvalue weighted by Crippen LogP contribution is -2.32. The fourth-order valence-corrected chi connectivity index (χ4v) is 3.49. The van der Waals surface area contributed by atoms with Gasteiger partial charge in [-0.1, -0.05) is 72.8 Å². The molecule has 3 aromatic rings. The van der Waals surface area contributed by atoms with Crippen LogP contribution in [0, 0.1) is 0 Å². The summed E-state index contributed by atoms with van der Waals surface area (Å²) in [5.74, 6) is 0.173. The highest BCUT2D eigenvalue weighted by molar-refractivity contribution is 5.70. The first kappa shape index (κ1) is 21.6. The minimum Gasteiger partial charge on any atom is -0.494 e. The molecule has 0 fully saturated rings. The Hall–Kier alpha value is -3.11. The number of nitrogens with one attached hydrogen (secondary N) is 1. The van der Waals surface area contributed by atoms with Crippen LogP contribution in [-0.2, 0) is 11.2 Å². The van der Waals surface area contributed by atoms with Gasteiger partial charge in [0.15, 0.2) is 0 Å². The van der Waals surface area contributed by atoms with Crippen molar-refractivity contribution in [3.05, 3.63) is 102 Å². The van der Waals surface area contributed by atoms with Crippen molar-refractivity contribution in [2.75, 3.05) is 13.2 Å². The highest BCUT2D eigenvalue weighted by Crippen LogP contribution is 2.24. The minimum absolute atomic E-state index is 0.00944. The first-order valence-corrected chi connectivity index (χ1v) is 10.4. The molecule has 156 valence electrons. The maximum atomic E-state index is 10.9. The maximum absolute atomic E-state index is 10.9. The first-order chi connectivity index (χ1) is 14.6. The van der Waals surface area contributed by atoms with E-state index in [1.54, 1.807) is 12.1 Å². The Morgan fingerprint density at radius 1 is 0.933 bits per heavy atom. The lowest BCUT2D eigenvalue weighted by Gasteiger charge is -2.22. The third-order valence-corrected chi connectivity index (χ3v) is 5.15. The van der Waals surface area contributed by atoms with Crippen molar-refractivity contribution in [3.63, 3.8) is 0 Å². The maximum Gasteiger partial charge on any atom is 0.307 e.